The van der Waals surface area contributed by atoms with Crippen molar-refractivity contribution in [3.8, 4) is 28.6 Å². The van der Waals surface area contributed by atoms with Gasteiger partial charge in [0, 0.05) is 18.0 Å². The summed E-state index contributed by atoms with van der Waals surface area (Å²) in [6, 6.07) is 13.8. The average molecular weight is 301 g/mol. The lowest BCUT2D eigenvalue weighted by atomic mass is 10.0. The van der Waals surface area contributed by atoms with Crippen LogP contribution in [0.3, 0.4) is 0 Å². The second kappa shape index (κ2) is 6.24. The van der Waals surface area contributed by atoms with E-state index in [4.69, 9.17) is 11.0 Å². The number of nitrogen functional groups attached to an aromatic ring is 1. The summed E-state index contributed by atoms with van der Waals surface area (Å²) in [5.41, 5.74) is 10.1. The Hall–Kier alpha value is -3.26. The van der Waals surface area contributed by atoms with Gasteiger partial charge in [-0.05, 0) is 29.7 Å². The molecular weight excluding hydrogens is 286 g/mol. The molecule has 0 saturated carbocycles. The first-order valence-corrected chi connectivity index (χ1v) is 7.29. The number of hydrogen-bond donors (Lipinski definition) is 1. The van der Waals surface area contributed by atoms with Crippen molar-refractivity contribution in [2.45, 2.75) is 13.3 Å². The van der Waals surface area contributed by atoms with E-state index < -0.39 is 0 Å². The number of rotatable bonds is 3. The molecule has 5 nitrogen and oxygen atoms in total. The molecular formula is C18H15N5. The summed E-state index contributed by atoms with van der Waals surface area (Å²) in [6.07, 6.45) is 4.28. The predicted octanol–water partition coefficient (Wildman–Crippen LogP) is 3.22. The molecule has 2 aromatic heterocycles. The number of nitriles is 1. The lowest BCUT2D eigenvalue weighted by molar-refractivity contribution is 1.14. The number of nitrogens with two attached hydrogens (primary N) is 1. The Morgan fingerprint density at radius 3 is 2.57 bits per heavy atom. The minimum atomic E-state index is 0.298. The maximum Gasteiger partial charge on any atom is 0.164 e. The van der Waals surface area contributed by atoms with Crippen LogP contribution in [0.2, 0.25) is 0 Å². The third kappa shape index (κ3) is 3.01. The first-order valence-electron chi connectivity index (χ1n) is 7.29. The van der Waals surface area contributed by atoms with E-state index >= 15 is 0 Å². The Kier molecular flexibility index (Phi) is 3.98. The molecule has 0 amide bonds. The van der Waals surface area contributed by atoms with Crippen LogP contribution in [0.15, 0.2) is 48.8 Å². The molecule has 3 rings (SSSR count). The largest absolute Gasteiger partial charge is 0.383 e. The predicted molar refractivity (Wildman–Crippen MR) is 89.2 cm³/mol. The van der Waals surface area contributed by atoms with E-state index in [1.54, 1.807) is 18.5 Å². The summed E-state index contributed by atoms with van der Waals surface area (Å²) in [5.74, 6) is 0.745. The summed E-state index contributed by atoms with van der Waals surface area (Å²) in [5, 5.41) is 8.97. The fourth-order valence-corrected chi connectivity index (χ4v) is 2.30. The zero-order valence-corrected chi connectivity index (χ0v) is 12.7. The average Bonchev–Trinajstić information content (AvgIpc) is 2.62. The van der Waals surface area contributed by atoms with Gasteiger partial charge < -0.3 is 5.73 Å². The molecule has 3 aromatic rings. The van der Waals surface area contributed by atoms with Gasteiger partial charge in [-0.25, -0.2) is 15.0 Å². The molecule has 0 spiro atoms. The summed E-state index contributed by atoms with van der Waals surface area (Å²) in [4.78, 5) is 12.6. The summed E-state index contributed by atoms with van der Waals surface area (Å²) in [6.45, 7) is 2.12. The number of aryl methyl sites for hydroxylation is 1. The van der Waals surface area contributed by atoms with Crippen molar-refractivity contribution in [2.24, 2.45) is 0 Å². The van der Waals surface area contributed by atoms with Crippen LogP contribution in [0, 0.1) is 11.3 Å². The number of aromatic nitrogens is 3. The molecule has 0 unspecified atom stereocenters. The van der Waals surface area contributed by atoms with Gasteiger partial charge in [0.25, 0.3) is 0 Å². The van der Waals surface area contributed by atoms with Gasteiger partial charge in [-0.15, -0.1) is 0 Å². The standard InChI is InChI=1S/C18H15N5/c1-2-12-3-5-13(6-4-12)14-9-16(17(20)22-11-14)18-21-8-7-15(10-19)23-18/h3-9,11H,2H2,1H3,(H2,20,22). The van der Waals surface area contributed by atoms with Crippen LogP contribution in [0.25, 0.3) is 22.5 Å². The normalized spacial score (nSPS) is 10.3. The van der Waals surface area contributed by atoms with Gasteiger partial charge in [0.05, 0.1) is 5.56 Å². The molecule has 0 aliphatic rings. The first-order chi connectivity index (χ1) is 11.2. The van der Waals surface area contributed by atoms with E-state index in [0.29, 0.717) is 22.9 Å². The molecule has 0 aliphatic heterocycles. The highest BCUT2D eigenvalue weighted by Gasteiger charge is 2.10. The Labute approximate surface area is 134 Å². The number of benzene rings is 1. The van der Waals surface area contributed by atoms with Crippen molar-refractivity contribution >= 4 is 5.82 Å². The van der Waals surface area contributed by atoms with Crippen LogP contribution in [0.1, 0.15) is 18.2 Å². The summed E-state index contributed by atoms with van der Waals surface area (Å²) < 4.78 is 0. The Morgan fingerprint density at radius 2 is 1.87 bits per heavy atom. The SMILES string of the molecule is CCc1ccc(-c2cnc(N)c(-c3nccc(C#N)n3)c2)cc1. The molecule has 0 atom stereocenters. The second-order valence-corrected chi connectivity index (χ2v) is 5.08. The van der Waals surface area contributed by atoms with E-state index in [2.05, 4.69) is 46.1 Å². The molecule has 2 N–H and O–H groups in total. The first kappa shape index (κ1) is 14.7. The highest BCUT2D eigenvalue weighted by Crippen LogP contribution is 2.27. The van der Waals surface area contributed by atoms with E-state index in [9.17, 15) is 0 Å². The molecule has 0 aliphatic carbocycles. The molecule has 23 heavy (non-hydrogen) atoms. The lowest BCUT2D eigenvalue weighted by Gasteiger charge is -2.08. The van der Waals surface area contributed by atoms with Gasteiger partial charge in [0.15, 0.2) is 5.82 Å². The van der Waals surface area contributed by atoms with Crippen molar-refractivity contribution < 1.29 is 0 Å². The molecule has 2 heterocycles. The Bertz CT molecular complexity index is 879. The zero-order chi connectivity index (χ0) is 16.2. The number of hydrogen-bond acceptors (Lipinski definition) is 5. The van der Waals surface area contributed by atoms with Gasteiger partial charge in [-0.1, -0.05) is 31.2 Å². The summed E-state index contributed by atoms with van der Waals surface area (Å²) in [7, 11) is 0. The molecule has 5 heteroatoms. The van der Waals surface area contributed by atoms with Crippen molar-refractivity contribution in [1.29, 1.82) is 5.26 Å². The van der Waals surface area contributed by atoms with Crippen LogP contribution in [-0.4, -0.2) is 15.0 Å². The smallest absolute Gasteiger partial charge is 0.164 e. The summed E-state index contributed by atoms with van der Waals surface area (Å²) >= 11 is 0. The fraction of sp³-hybridized carbons (Fsp3) is 0.111. The van der Waals surface area contributed by atoms with E-state index in [1.807, 2.05) is 12.1 Å². The Morgan fingerprint density at radius 1 is 1.09 bits per heavy atom. The molecule has 112 valence electrons. The molecule has 1 aromatic carbocycles. The van der Waals surface area contributed by atoms with E-state index in [1.165, 1.54) is 5.56 Å². The fourth-order valence-electron chi connectivity index (χ4n) is 2.30. The molecule has 0 fully saturated rings. The maximum absolute atomic E-state index is 8.97. The minimum Gasteiger partial charge on any atom is -0.383 e. The number of nitrogens with zero attached hydrogens (tertiary/aromatic N) is 4. The second-order valence-electron chi connectivity index (χ2n) is 5.08. The van der Waals surface area contributed by atoms with Gasteiger partial charge in [0.1, 0.15) is 17.6 Å². The van der Waals surface area contributed by atoms with Crippen LogP contribution >= 0.6 is 0 Å². The lowest BCUT2D eigenvalue weighted by Crippen LogP contribution is -1.99. The third-order valence-electron chi connectivity index (χ3n) is 3.63. The van der Waals surface area contributed by atoms with Crippen LogP contribution in [-0.2, 0) is 6.42 Å². The van der Waals surface area contributed by atoms with Crippen LogP contribution < -0.4 is 5.73 Å². The van der Waals surface area contributed by atoms with Gasteiger partial charge >= 0.3 is 0 Å². The van der Waals surface area contributed by atoms with Gasteiger partial charge in [-0.2, -0.15) is 5.26 Å². The number of pyridine rings is 1. The minimum absolute atomic E-state index is 0.298. The number of anilines is 1. The quantitative estimate of drug-likeness (QED) is 0.802. The maximum atomic E-state index is 8.97. The third-order valence-corrected chi connectivity index (χ3v) is 3.63. The van der Waals surface area contributed by atoms with Crippen molar-refractivity contribution in [3.63, 3.8) is 0 Å². The monoisotopic (exact) mass is 301 g/mol. The Balaban J connectivity index is 2.06. The highest BCUT2D eigenvalue weighted by molar-refractivity contribution is 5.76. The van der Waals surface area contributed by atoms with E-state index in [0.717, 1.165) is 17.5 Å². The molecule has 0 saturated heterocycles. The van der Waals surface area contributed by atoms with Gasteiger partial charge in [0.2, 0.25) is 0 Å². The van der Waals surface area contributed by atoms with Gasteiger partial charge in [-0.3, -0.25) is 0 Å². The zero-order valence-electron chi connectivity index (χ0n) is 12.7. The van der Waals surface area contributed by atoms with Crippen molar-refractivity contribution in [2.75, 3.05) is 5.73 Å². The topological polar surface area (TPSA) is 88.5 Å². The highest BCUT2D eigenvalue weighted by atomic mass is 14.9. The molecule has 0 radical (unpaired) electrons. The van der Waals surface area contributed by atoms with Crippen LogP contribution in [0.4, 0.5) is 5.82 Å². The molecule has 0 bridgehead atoms. The van der Waals surface area contributed by atoms with Crippen molar-refractivity contribution in [1.82, 2.24) is 15.0 Å². The van der Waals surface area contributed by atoms with E-state index in [-0.39, 0.29) is 0 Å². The van der Waals surface area contributed by atoms with Crippen molar-refractivity contribution in [3.05, 3.63) is 60.0 Å². The van der Waals surface area contributed by atoms with Crippen LogP contribution in [0.5, 0.6) is 0 Å².